The van der Waals surface area contributed by atoms with E-state index >= 15 is 0 Å². The molecule has 0 bridgehead atoms. The van der Waals surface area contributed by atoms with Gasteiger partial charge in [0.05, 0.1) is 0 Å². The summed E-state index contributed by atoms with van der Waals surface area (Å²) in [6.07, 6.45) is 4.73. The second-order valence-electron chi connectivity index (χ2n) is 9.96. The fraction of sp³-hybridized carbons (Fsp3) is 0.625. The van der Waals surface area contributed by atoms with Gasteiger partial charge in [0, 0.05) is 43.4 Å². The standard InChI is InChI=1S/C24H38N2O2/c1-8-11-25-12-14-26(15-13-25)21(27)10-9-18-16-19(23(2,3)4)22(28)20(17-18)24(5,6)7/h9-10,16-17,28H,8,11-15H2,1-7H3. The van der Waals surface area contributed by atoms with Crippen LogP contribution in [0.5, 0.6) is 5.75 Å². The van der Waals surface area contributed by atoms with Crippen LogP contribution in [0.2, 0.25) is 0 Å². The average molecular weight is 387 g/mol. The molecule has 1 amide bonds. The number of phenolic OH excluding ortho intramolecular Hbond substituents is 1. The van der Waals surface area contributed by atoms with E-state index < -0.39 is 0 Å². The number of carbonyl (C=O) groups excluding carboxylic acids is 1. The summed E-state index contributed by atoms with van der Waals surface area (Å²) in [6.45, 7) is 19.4. The largest absolute Gasteiger partial charge is 0.507 e. The molecule has 1 aliphatic rings. The van der Waals surface area contributed by atoms with Crippen LogP contribution in [0.3, 0.4) is 0 Å². The van der Waals surface area contributed by atoms with Crippen LogP contribution < -0.4 is 0 Å². The van der Waals surface area contributed by atoms with Gasteiger partial charge in [0.25, 0.3) is 0 Å². The number of aromatic hydroxyl groups is 1. The average Bonchev–Trinajstić information content (AvgIpc) is 2.59. The van der Waals surface area contributed by atoms with Crippen LogP contribution >= 0.6 is 0 Å². The van der Waals surface area contributed by atoms with Gasteiger partial charge in [0.1, 0.15) is 5.75 Å². The molecule has 1 saturated heterocycles. The third-order valence-corrected chi connectivity index (χ3v) is 5.39. The van der Waals surface area contributed by atoms with Crippen molar-refractivity contribution in [1.29, 1.82) is 0 Å². The molecule has 1 aromatic rings. The molecule has 0 aromatic heterocycles. The lowest BCUT2D eigenvalue weighted by atomic mass is 9.78. The molecule has 4 heteroatoms. The highest BCUT2D eigenvalue weighted by Gasteiger charge is 2.26. The Morgan fingerprint density at radius 1 is 1.00 bits per heavy atom. The number of piperazine rings is 1. The third kappa shape index (κ3) is 5.60. The summed E-state index contributed by atoms with van der Waals surface area (Å²) >= 11 is 0. The quantitative estimate of drug-likeness (QED) is 0.772. The van der Waals surface area contributed by atoms with Gasteiger partial charge in [0.15, 0.2) is 0 Å². The zero-order valence-corrected chi connectivity index (χ0v) is 18.8. The van der Waals surface area contributed by atoms with Gasteiger partial charge in [-0.1, -0.05) is 48.5 Å². The van der Waals surface area contributed by atoms with Crippen molar-refractivity contribution in [3.8, 4) is 5.75 Å². The second kappa shape index (κ2) is 8.69. The van der Waals surface area contributed by atoms with Crippen LogP contribution in [-0.2, 0) is 15.6 Å². The highest BCUT2D eigenvalue weighted by atomic mass is 16.3. The van der Waals surface area contributed by atoms with Gasteiger partial charge in [-0.2, -0.15) is 0 Å². The Hall–Kier alpha value is -1.81. The van der Waals surface area contributed by atoms with Gasteiger partial charge in [-0.3, -0.25) is 9.69 Å². The van der Waals surface area contributed by atoms with Crippen LogP contribution in [0.25, 0.3) is 6.08 Å². The minimum absolute atomic E-state index is 0.0684. The minimum Gasteiger partial charge on any atom is -0.507 e. The first kappa shape index (κ1) is 22.5. The van der Waals surface area contributed by atoms with Crippen molar-refractivity contribution in [2.24, 2.45) is 0 Å². The van der Waals surface area contributed by atoms with E-state index in [1.54, 1.807) is 6.08 Å². The summed E-state index contributed by atoms with van der Waals surface area (Å²) in [5.41, 5.74) is 2.45. The summed E-state index contributed by atoms with van der Waals surface area (Å²) in [6, 6.07) is 4.01. The van der Waals surface area contributed by atoms with E-state index in [0.717, 1.165) is 55.8 Å². The number of carbonyl (C=O) groups is 1. The Morgan fingerprint density at radius 3 is 1.93 bits per heavy atom. The molecule has 1 fully saturated rings. The zero-order valence-electron chi connectivity index (χ0n) is 18.8. The van der Waals surface area contributed by atoms with Crippen LogP contribution in [0.15, 0.2) is 18.2 Å². The molecule has 4 nitrogen and oxygen atoms in total. The first-order chi connectivity index (χ1) is 12.9. The van der Waals surface area contributed by atoms with E-state index in [-0.39, 0.29) is 16.7 Å². The Kier molecular flexibility index (Phi) is 6.97. The Labute approximate surface area is 171 Å². The van der Waals surface area contributed by atoms with Crippen molar-refractivity contribution in [1.82, 2.24) is 9.80 Å². The van der Waals surface area contributed by atoms with Gasteiger partial charge >= 0.3 is 0 Å². The Balaban J connectivity index is 2.22. The fourth-order valence-electron chi connectivity index (χ4n) is 3.68. The Morgan fingerprint density at radius 2 is 1.50 bits per heavy atom. The minimum atomic E-state index is -0.173. The van der Waals surface area contributed by atoms with Gasteiger partial charge in [-0.25, -0.2) is 0 Å². The predicted octanol–water partition coefficient (Wildman–Crippen LogP) is 4.55. The first-order valence-electron chi connectivity index (χ1n) is 10.5. The summed E-state index contributed by atoms with van der Waals surface area (Å²) < 4.78 is 0. The van der Waals surface area contributed by atoms with Crippen molar-refractivity contribution < 1.29 is 9.90 Å². The molecule has 28 heavy (non-hydrogen) atoms. The molecular formula is C24H38N2O2. The number of amides is 1. The van der Waals surface area contributed by atoms with Gasteiger partial charge < -0.3 is 10.0 Å². The highest BCUT2D eigenvalue weighted by molar-refractivity contribution is 5.92. The molecule has 0 unspecified atom stereocenters. The molecule has 0 radical (unpaired) electrons. The fourth-order valence-corrected chi connectivity index (χ4v) is 3.68. The molecule has 156 valence electrons. The molecule has 1 aliphatic heterocycles. The van der Waals surface area contributed by atoms with Gasteiger partial charge in [-0.15, -0.1) is 0 Å². The third-order valence-electron chi connectivity index (χ3n) is 5.39. The van der Waals surface area contributed by atoms with E-state index in [0.29, 0.717) is 5.75 Å². The maximum atomic E-state index is 12.6. The van der Waals surface area contributed by atoms with E-state index in [1.165, 1.54) is 0 Å². The van der Waals surface area contributed by atoms with E-state index in [9.17, 15) is 9.90 Å². The maximum Gasteiger partial charge on any atom is 0.246 e. The van der Waals surface area contributed by atoms with E-state index in [1.807, 2.05) is 23.1 Å². The summed E-state index contributed by atoms with van der Waals surface area (Å²) in [7, 11) is 0. The van der Waals surface area contributed by atoms with E-state index in [2.05, 4.69) is 53.4 Å². The molecule has 1 heterocycles. The van der Waals surface area contributed by atoms with E-state index in [4.69, 9.17) is 0 Å². The molecule has 1 N–H and O–H groups in total. The molecule has 0 spiro atoms. The monoisotopic (exact) mass is 386 g/mol. The number of phenols is 1. The van der Waals surface area contributed by atoms with Crippen LogP contribution in [0.1, 0.15) is 71.6 Å². The van der Waals surface area contributed by atoms with Crippen molar-refractivity contribution >= 4 is 12.0 Å². The lowest BCUT2D eigenvalue weighted by molar-refractivity contribution is -0.127. The van der Waals surface area contributed by atoms with Crippen molar-refractivity contribution in [2.75, 3.05) is 32.7 Å². The summed E-state index contributed by atoms with van der Waals surface area (Å²) in [4.78, 5) is 17.0. The van der Waals surface area contributed by atoms with Crippen LogP contribution in [-0.4, -0.2) is 53.5 Å². The van der Waals surface area contributed by atoms with Crippen LogP contribution in [0, 0.1) is 0 Å². The molecule has 0 saturated carbocycles. The first-order valence-corrected chi connectivity index (χ1v) is 10.5. The Bertz CT molecular complexity index is 680. The van der Waals surface area contributed by atoms with Gasteiger partial charge in [-0.05, 0) is 47.6 Å². The second-order valence-corrected chi connectivity index (χ2v) is 9.96. The normalized spacial score (nSPS) is 16.8. The van der Waals surface area contributed by atoms with Crippen molar-refractivity contribution in [3.63, 3.8) is 0 Å². The number of nitrogens with zero attached hydrogens (tertiary/aromatic N) is 2. The number of hydrogen-bond acceptors (Lipinski definition) is 3. The maximum absolute atomic E-state index is 12.6. The number of benzene rings is 1. The van der Waals surface area contributed by atoms with Crippen LogP contribution in [0.4, 0.5) is 0 Å². The number of hydrogen-bond donors (Lipinski definition) is 1. The SMILES string of the molecule is CCCN1CCN(C(=O)C=Cc2cc(C(C)(C)C)c(O)c(C(C)(C)C)c2)CC1. The lowest BCUT2D eigenvalue weighted by Gasteiger charge is -2.34. The smallest absolute Gasteiger partial charge is 0.246 e. The zero-order chi connectivity index (χ0) is 21.1. The van der Waals surface area contributed by atoms with Gasteiger partial charge in [0.2, 0.25) is 5.91 Å². The summed E-state index contributed by atoms with van der Waals surface area (Å²) in [5.74, 6) is 0.439. The molecule has 2 rings (SSSR count). The summed E-state index contributed by atoms with van der Waals surface area (Å²) in [5, 5.41) is 10.8. The molecule has 0 aliphatic carbocycles. The topological polar surface area (TPSA) is 43.8 Å². The molecule has 1 aromatic carbocycles. The van der Waals surface area contributed by atoms with Crippen molar-refractivity contribution in [3.05, 3.63) is 34.9 Å². The molecule has 0 atom stereocenters. The predicted molar refractivity (Wildman–Crippen MR) is 118 cm³/mol. The molecular weight excluding hydrogens is 348 g/mol. The van der Waals surface area contributed by atoms with Crippen molar-refractivity contribution in [2.45, 2.75) is 65.7 Å². The highest BCUT2D eigenvalue weighted by Crippen LogP contribution is 2.40. The lowest BCUT2D eigenvalue weighted by Crippen LogP contribution is -2.48. The number of rotatable bonds is 4.